The third kappa shape index (κ3) is 7.64. The van der Waals surface area contributed by atoms with E-state index < -0.39 is 0 Å². The maximum absolute atomic E-state index is 5.63. The van der Waals surface area contributed by atoms with Crippen molar-refractivity contribution in [1.82, 2.24) is 0 Å². The molecule has 5 aromatic rings. The molecule has 0 heterocycles. The van der Waals surface area contributed by atoms with E-state index in [0.29, 0.717) is 23.0 Å². The SMILES string of the molecule is COc1cc2c#cc3cc(C(C)(C)C)cc(c#cc4cc(OC)c(OC)cc4c#cc4cc(C(C)(C)C)cc(c#cc2cc1OC)c4)c3. The van der Waals surface area contributed by atoms with E-state index in [1.165, 1.54) is 0 Å². The molecule has 5 rings (SSSR count). The number of benzene rings is 4. The minimum Gasteiger partial charge on any atom is -0.493 e. The molecule has 0 saturated heterocycles. The van der Waals surface area contributed by atoms with Gasteiger partial charge in [0.15, 0.2) is 23.0 Å². The van der Waals surface area contributed by atoms with Crippen molar-refractivity contribution >= 4 is 43.1 Å². The van der Waals surface area contributed by atoms with Crippen LogP contribution >= 0.6 is 0 Å². The second-order valence-corrected chi connectivity index (χ2v) is 13.6. The number of hydrogen-bond acceptors (Lipinski definition) is 4. The molecular weight excluding hydrogens is 592 g/mol. The van der Waals surface area contributed by atoms with Gasteiger partial charge in [-0.2, -0.15) is 0 Å². The Labute approximate surface area is 285 Å². The van der Waals surface area contributed by atoms with Crippen LogP contribution in [0.3, 0.4) is 0 Å². The number of hydrogen-bond donors (Lipinski definition) is 0. The Hall–Kier alpha value is -5.68. The fourth-order valence-electron chi connectivity index (χ4n) is 5.14. The molecule has 0 amide bonds. The van der Waals surface area contributed by atoms with Gasteiger partial charge in [-0.15, -0.1) is 0 Å². The molecule has 240 valence electrons. The average Bonchev–Trinajstić information content (AvgIpc) is 3.06. The first-order valence-corrected chi connectivity index (χ1v) is 15.7. The first-order chi connectivity index (χ1) is 22.8. The molecule has 48 heavy (non-hydrogen) atoms. The van der Waals surface area contributed by atoms with Gasteiger partial charge in [0.25, 0.3) is 0 Å². The Morgan fingerprint density at radius 3 is 0.750 bits per heavy atom. The van der Waals surface area contributed by atoms with Crippen LogP contribution in [0.4, 0.5) is 0 Å². The van der Waals surface area contributed by atoms with E-state index in [4.69, 9.17) is 18.9 Å². The van der Waals surface area contributed by atoms with Crippen LogP contribution in [0.25, 0.3) is 43.1 Å². The maximum atomic E-state index is 5.63. The Bertz CT molecular complexity index is 1860. The highest BCUT2D eigenvalue weighted by Crippen LogP contribution is 2.32. The van der Waals surface area contributed by atoms with Gasteiger partial charge in [-0.1, -0.05) is 90.1 Å². The molecule has 0 fully saturated rings. The summed E-state index contributed by atoms with van der Waals surface area (Å²) in [5.74, 6) is 2.34. The summed E-state index contributed by atoms with van der Waals surface area (Å²) >= 11 is 0. The number of methoxy groups -OCH3 is 4. The molecule has 0 aliphatic rings. The fraction of sp³-hybridized carbons (Fsp3) is 0.273. The van der Waals surface area contributed by atoms with Gasteiger partial charge in [0.05, 0.1) is 28.4 Å². The Kier molecular flexibility index (Phi) is 9.53. The van der Waals surface area contributed by atoms with E-state index >= 15 is 0 Å². The third-order valence-corrected chi connectivity index (χ3v) is 8.01. The number of fused-ring (bicyclic) bond motifs is 6. The first-order valence-electron chi connectivity index (χ1n) is 15.7. The zero-order valence-corrected chi connectivity index (χ0v) is 29.4. The largest absolute Gasteiger partial charge is 0.493 e. The normalized spacial score (nSPS) is 10.9. The van der Waals surface area contributed by atoms with E-state index in [0.717, 1.165) is 54.2 Å². The van der Waals surface area contributed by atoms with E-state index in [1.807, 2.05) is 36.4 Å². The zero-order valence-electron chi connectivity index (χ0n) is 29.4. The molecule has 0 aromatic heterocycles. The minimum absolute atomic E-state index is 0.121. The highest BCUT2D eigenvalue weighted by molar-refractivity contribution is 5.85. The van der Waals surface area contributed by atoms with Crippen molar-refractivity contribution in [3.8, 4) is 23.0 Å². The van der Waals surface area contributed by atoms with Crippen LogP contribution in [0, 0.1) is 48.5 Å². The van der Waals surface area contributed by atoms with Crippen molar-refractivity contribution in [2.24, 2.45) is 0 Å². The Morgan fingerprint density at radius 2 is 0.562 bits per heavy atom. The van der Waals surface area contributed by atoms with Gasteiger partial charge in [-0.05, 0) is 58.4 Å². The van der Waals surface area contributed by atoms with Crippen LogP contribution in [0.5, 0.6) is 23.0 Å². The summed E-state index contributed by atoms with van der Waals surface area (Å²) < 4.78 is 22.5. The van der Waals surface area contributed by atoms with Gasteiger partial charge >= 0.3 is 0 Å². The summed E-state index contributed by atoms with van der Waals surface area (Å²) in [7, 11) is 6.47. The molecule has 0 atom stereocenters. The molecule has 0 radical (unpaired) electrons. The molecule has 0 unspecified atom stereocenters. The molecule has 4 nitrogen and oxygen atoms in total. The van der Waals surface area contributed by atoms with Gasteiger partial charge < -0.3 is 18.9 Å². The molecule has 0 N–H and O–H groups in total. The van der Waals surface area contributed by atoms with Crippen LogP contribution in [-0.4, -0.2) is 28.4 Å². The lowest BCUT2D eigenvalue weighted by Crippen LogP contribution is -2.10. The second kappa shape index (κ2) is 13.6. The van der Waals surface area contributed by atoms with Crippen LogP contribution in [-0.2, 0) is 10.8 Å². The van der Waals surface area contributed by atoms with Crippen molar-refractivity contribution in [3.63, 3.8) is 0 Å². The summed E-state index contributed by atoms with van der Waals surface area (Å²) in [5.41, 5.74) is 2.01. The van der Waals surface area contributed by atoms with Crippen molar-refractivity contribution < 1.29 is 18.9 Å². The molecule has 0 aliphatic heterocycles. The molecule has 4 heteroatoms. The van der Waals surface area contributed by atoms with Crippen LogP contribution < -0.4 is 18.9 Å². The van der Waals surface area contributed by atoms with Gasteiger partial charge in [0.2, 0.25) is 0 Å². The Morgan fingerprint density at radius 1 is 0.333 bits per heavy atom. The lowest BCUT2D eigenvalue weighted by atomic mass is 9.86. The molecule has 0 aliphatic carbocycles. The van der Waals surface area contributed by atoms with Crippen molar-refractivity contribution in [1.29, 1.82) is 0 Å². The van der Waals surface area contributed by atoms with Crippen molar-refractivity contribution in [2.45, 2.75) is 52.4 Å². The summed E-state index contributed by atoms with van der Waals surface area (Å²) in [6.45, 7) is 13.1. The third-order valence-electron chi connectivity index (χ3n) is 8.01. The lowest BCUT2D eigenvalue weighted by Gasteiger charge is -2.18. The minimum atomic E-state index is -0.121. The van der Waals surface area contributed by atoms with Crippen LogP contribution in [0.1, 0.15) is 52.7 Å². The van der Waals surface area contributed by atoms with E-state index in [-0.39, 0.29) is 10.8 Å². The van der Waals surface area contributed by atoms with Crippen molar-refractivity contribution in [2.75, 3.05) is 28.4 Å². The molecule has 0 spiro atoms. The van der Waals surface area contributed by atoms with E-state index in [9.17, 15) is 0 Å². The maximum Gasteiger partial charge on any atom is 0.162 e. The fourth-order valence-corrected chi connectivity index (χ4v) is 5.14. The smallest absolute Gasteiger partial charge is 0.162 e. The molecular formula is C44H40O4. The van der Waals surface area contributed by atoms with Gasteiger partial charge in [0, 0.05) is 67.4 Å². The molecule has 0 saturated carbocycles. The molecule has 5 aromatic carbocycles. The van der Waals surface area contributed by atoms with Gasteiger partial charge in [0.1, 0.15) is 0 Å². The average molecular weight is 633 g/mol. The lowest BCUT2D eigenvalue weighted by molar-refractivity contribution is 0.356. The highest BCUT2D eigenvalue weighted by Gasteiger charge is 2.15. The predicted molar refractivity (Wildman–Crippen MR) is 195 cm³/mol. The summed E-state index contributed by atoms with van der Waals surface area (Å²) in [5, 5.41) is 6.31. The predicted octanol–water partition coefficient (Wildman–Crippen LogP) is 10.1. The van der Waals surface area contributed by atoms with Crippen molar-refractivity contribution in [3.05, 3.63) is 120 Å². The summed E-state index contributed by atoms with van der Waals surface area (Å²) in [6, 6.07) is 47.1. The Balaban J connectivity index is 1.99. The number of ether oxygens (including phenoxy) is 4. The monoisotopic (exact) mass is 632 g/mol. The van der Waals surface area contributed by atoms with Crippen LogP contribution in [0.2, 0.25) is 0 Å². The quantitative estimate of drug-likeness (QED) is 0.198. The topological polar surface area (TPSA) is 36.9 Å². The van der Waals surface area contributed by atoms with E-state index in [1.54, 1.807) is 28.4 Å². The highest BCUT2D eigenvalue weighted by atomic mass is 16.5. The van der Waals surface area contributed by atoms with Crippen LogP contribution in [0.15, 0.2) is 60.7 Å². The summed E-state index contributed by atoms with van der Waals surface area (Å²) in [6.07, 6.45) is 0. The zero-order chi connectivity index (χ0) is 34.6. The van der Waals surface area contributed by atoms with Gasteiger partial charge in [-0.25, -0.2) is 0 Å². The standard InChI is InChI=1S/C44H40O4/c1-43(2,3)37-21-29-11-15-33-25-39(45-7)41(47-9)27-35(33)17-13-31-20-32(24-38(23-31)44(4,5)6)14-18-36-28-42(48-10)40(46-8)26-34(36)16-12-30(19-29)22-37/h19-28H,1-10H3. The van der Waals surface area contributed by atoms with E-state index in [2.05, 4.69) is 114 Å². The van der Waals surface area contributed by atoms with Gasteiger partial charge in [-0.3, -0.25) is 0 Å². The number of rotatable bonds is 4. The molecule has 4 bridgehead atoms. The first kappa shape index (κ1) is 33.7. The summed E-state index contributed by atoms with van der Waals surface area (Å²) in [4.78, 5) is 0. The second-order valence-electron chi connectivity index (χ2n) is 13.6.